The second-order valence-electron chi connectivity index (χ2n) is 4.15. The van der Waals surface area contributed by atoms with Gasteiger partial charge in [-0.15, -0.1) is 11.3 Å². The first-order chi connectivity index (χ1) is 8.11. The monoisotopic (exact) mass is 255 g/mol. The van der Waals surface area contributed by atoms with Crippen molar-refractivity contribution in [1.29, 1.82) is 0 Å². The molecule has 5 heteroatoms. The molecule has 17 heavy (non-hydrogen) atoms. The lowest BCUT2D eigenvalue weighted by Crippen LogP contribution is -2.34. The fourth-order valence-corrected chi connectivity index (χ4v) is 2.37. The number of amides is 1. The molecule has 1 aromatic heterocycles. The second kappa shape index (κ2) is 7.40. The molecule has 0 aromatic carbocycles. The summed E-state index contributed by atoms with van der Waals surface area (Å²) in [5, 5.41) is 9.25. The van der Waals surface area contributed by atoms with Crippen molar-refractivity contribution in [3.05, 3.63) is 16.1 Å². The Hall–Kier alpha value is -0.940. The van der Waals surface area contributed by atoms with E-state index in [-0.39, 0.29) is 11.9 Å². The van der Waals surface area contributed by atoms with E-state index in [1.54, 1.807) is 11.3 Å². The van der Waals surface area contributed by atoms with E-state index in [9.17, 15) is 4.79 Å². The van der Waals surface area contributed by atoms with E-state index in [0.717, 1.165) is 23.7 Å². The molecule has 0 aliphatic rings. The molecule has 0 saturated heterocycles. The predicted molar refractivity (Wildman–Crippen MR) is 71.3 cm³/mol. The van der Waals surface area contributed by atoms with Crippen molar-refractivity contribution in [3.8, 4) is 0 Å². The summed E-state index contributed by atoms with van der Waals surface area (Å²) in [5.41, 5.74) is 1.05. The van der Waals surface area contributed by atoms with Crippen LogP contribution in [0.4, 0.5) is 0 Å². The lowest BCUT2D eigenvalue weighted by Gasteiger charge is -2.11. The number of rotatable bonds is 7. The smallest absolute Gasteiger partial charge is 0.221 e. The van der Waals surface area contributed by atoms with E-state index in [1.807, 2.05) is 26.2 Å². The molecule has 0 spiro atoms. The third-order valence-electron chi connectivity index (χ3n) is 2.37. The van der Waals surface area contributed by atoms with Crippen molar-refractivity contribution >= 4 is 17.2 Å². The van der Waals surface area contributed by atoms with E-state index in [4.69, 9.17) is 0 Å². The molecule has 0 radical (unpaired) electrons. The van der Waals surface area contributed by atoms with Gasteiger partial charge >= 0.3 is 0 Å². The molecule has 1 rings (SSSR count). The highest BCUT2D eigenvalue weighted by Crippen LogP contribution is 2.08. The zero-order valence-electron chi connectivity index (χ0n) is 10.7. The zero-order valence-corrected chi connectivity index (χ0v) is 11.6. The maximum absolute atomic E-state index is 11.6. The molecular weight excluding hydrogens is 234 g/mol. The average molecular weight is 255 g/mol. The number of nitrogens with zero attached hydrogens (tertiary/aromatic N) is 1. The van der Waals surface area contributed by atoms with E-state index in [0.29, 0.717) is 13.0 Å². The number of thiazole rings is 1. The summed E-state index contributed by atoms with van der Waals surface area (Å²) in [6.45, 7) is 7.61. The fraction of sp³-hybridized carbons (Fsp3) is 0.667. The molecule has 4 nitrogen and oxygen atoms in total. The van der Waals surface area contributed by atoms with Gasteiger partial charge < -0.3 is 10.6 Å². The third-order valence-corrected chi connectivity index (χ3v) is 3.40. The Morgan fingerprint density at radius 2 is 2.35 bits per heavy atom. The van der Waals surface area contributed by atoms with Crippen LogP contribution >= 0.6 is 11.3 Å². The molecular formula is C12H21N3OS. The predicted octanol–water partition coefficient (Wildman–Crippen LogP) is 1.50. The minimum atomic E-state index is 0.103. The molecule has 2 N–H and O–H groups in total. The van der Waals surface area contributed by atoms with Crippen LogP contribution in [0.25, 0.3) is 0 Å². The highest BCUT2D eigenvalue weighted by molar-refractivity contribution is 7.09. The number of hydrogen-bond acceptors (Lipinski definition) is 4. The standard InChI is InChI=1S/C12H21N3OS/c1-4-13-9(2)7-11(16)14-6-5-12-15-10(3)8-17-12/h8-9,13H,4-7H2,1-3H3,(H,14,16). The normalized spacial score (nSPS) is 12.4. The van der Waals surface area contributed by atoms with Crippen LogP contribution in [-0.4, -0.2) is 30.0 Å². The largest absolute Gasteiger partial charge is 0.356 e. The van der Waals surface area contributed by atoms with Crippen LogP contribution in [-0.2, 0) is 11.2 Å². The average Bonchev–Trinajstić information content (AvgIpc) is 2.64. The Bertz CT molecular complexity index is 351. The van der Waals surface area contributed by atoms with Crippen LogP contribution in [0, 0.1) is 6.92 Å². The molecule has 1 unspecified atom stereocenters. The number of nitrogens with one attached hydrogen (secondary N) is 2. The number of aromatic nitrogens is 1. The third kappa shape index (κ3) is 5.79. The van der Waals surface area contributed by atoms with Gasteiger partial charge in [-0.1, -0.05) is 6.92 Å². The summed E-state index contributed by atoms with van der Waals surface area (Å²) in [4.78, 5) is 15.9. The van der Waals surface area contributed by atoms with Gasteiger partial charge in [-0.25, -0.2) is 4.98 Å². The van der Waals surface area contributed by atoms with Crippen LogP contribution in [0.15, 0.2) is 5.38 Å². The maximum atomic E-state index is 11.6. The van der Waals surface area contributed by atoms with Crippen LogP contribution in [0.5, 0.6) is 0 Å². The summed E-state index contributed by atoms with van der Waals surface area (Å²) < 4.78 is 0. The van der Waals surface area contributed by atoms with Gasteiger partial charge in [0.15, 0.2) is 0 Å². The van der Waals surface area contributed by atoms with Crippen molar-refractivity contribution in [2.24, 2.45) is 0 Å². The molecule has 1 aromatic rings. The summed E-state index contributed by atoms with van der Waals surface area (Å²) >= 11 is 1.65. The fourth-order valence-electron chi connectivity index (χ4n) is 1.60. The Balaban J connectivity index is 2.16. The van der Waals surface area contributed by atoms with Gasteiger partial charge in [0.05, 0.1) is 5.01 Å². The topological polar surface area (TPSA) is 54.0 Å². The SMILES string of the molecule is CCNC(C)CC(=O)NCCc1nc(C)cs1. The maximum Gasteiger partial charge on any atom is 0.221 e. The molecule has 0 aliphatic heterocycles. The van der Waals surface area contributed by atoms with Gasteiger partial charge in [0.1, 0.15) is 0 Å². The van der Waals surface area contributed by atoms with E-state index >= 15 is 0 Å². The lowest BCUT2D eigenvalue weighted by molar-refractivity contribution is -0.121. The minimum Gasteiger partial charge on any atom is -0.356 e. The van der Waals surface area contributed by atoms with Crippen LogP contribution in [0.1, 0.15) is 31.0 Å². The quantitative estimate of drug-likeness (QED) is 0.776. The van der Waals surface area contributed by atoms with E-state index < -0.39 is 0 Å². The number of hydrogen-bond donors (Lipinski definition) is 2. The Labute approximate surface area is 107 Å². The molecule has 1 heterocycles. The first-order valence-electron chi connectivity index (χ1n) is 6.03. The van der Waals surface area contributed by atoms with Gasteiger partial charge in [-0.3, -0.25) is 4.79 Å². The van der Waals surface area contributed by atoms with Crippen molar-refractivity contribution in [2.45, 2.75) is 39.7 Å². The summed E-state index contributed by atoms with van der Waals surface area (Å²) in [6.07, 6.45) is 1.35. The lowest BCUT2D eigenvalue weighted by atomic mass is 10.2. The molecule has 0 bridgehead atoms. The molecule has 96 valence electrons. The molecule has 0 saturated carbocycles. The van der Waals surface area contributed by atoms with Crippen molar-refractivity contribution in [1.82, 2.24) is 15.6 Å². The molecule has 0 fully saturated rings. The van der Waals surface area contributed by atoms with E-state index in [1.165, 1.54) is 0 Å². The minimum absolute atomic E-state index is 0.103. The molecule has 1 amide bonds. The van der Waals surface area contributed by atoms with Gasteiger partial charge in [0, 0.05) is 36.5 Å². The number of carbonyl (C=O) groups is 1. The molecule has 1 atom stereocenters. The number of aryl methyl sites for hydroxylation is 1. The van der Waals surface area contributed by atoms with Gasteiger partial charge in [0.2, 0.25) is 5.91 Å². The van der Waals surface area contributed by atoms with Crippen molar-refractivity contribution in [3.63, 3.8) is 0 Å². The zero-order chi connectivity index (χ0) is 12.7. The van der Waals surface area contributed by atoms with Crippen molar-refractivity contribution < 1.29 is 4.79 Å². The van der Waals surface area contributed by atoms with E-state index in [2.05, 4.69) is 15.6 Å². The highest BCUT2D eigenvalue weighted by Gasteiger charge is 2.07. The van der Waals surface area contributed by atoms with Gasteiger partial charge in [0.25, 0.3) is 0 Å². The van der Waals surface area contributed by atoms with Gasteiger partial charge in [-0.05, 0) is 20.4 Å². The Morgan fingerprint density at radius 3 is 2.94 bits per heavy atom. The van der Waals surface area contributed by atoms with Crippen molar-refractivity contribution in [2.75, 3.05) is 13.1 Å². The first-order valence-corrected chi connectivity index (χ1v) is 6.91. The van der Waals surface area contributed by atoms with Crippen LogP contribution in [0.3, 0.4) is 0 Å². The van der Waals surface area contributed by atoms with Gasteiger partial charge in [-0.2, -0.15) is 0 Å². The summed E-state index contributed by atoms with van der Waals surface area (Å²) in [7, 11) is 0. The first kappa shape index (κ1) is 14.1. The summed E-state index contributed by atoms with van der Waals surface area (Å²) in [6, 6.07) is 0.238. The second-order valence-corrected chi connectivity index (χ2v) is 5.09. The summed E-state index contributed by atoms with van der Waals surface area (Å²) in [5.74, 6) is 0.103. The number of carbonyl (C=O) groups excluding carboxylic acids is 1. The molecule has 0 aliphatic carbocycles. The highest BCUT2D eigenvalue weighted by atomic mass is 32.1. The Kier molecular flexibility index (Phi) is 6.15. The Morgan fingerprint density at radius 1 is 1.59 bits per heavy atom. The van der Waals surface area contributed by atoms with Crippen LogP contribution < -0.4 is 10.6 Å². The van der Waals surface area contributed by atoms with Crippen LogP contribution in [0.2, 0.25) is 0 Å².